The van der Waals surface area contributed by atoms with E-state index in [1.165, 1.54) is 6.07 Å². The van der Waals surface area contributed by atoms with E-state index in [9.17, 15) is 9.59 Å². The van der Waals surface area contributed by atoms with Crippen molar-refractivity contribution in [1.82, 2.24) is 0 Å². The van der Waals surface area contributed by atoms with Crippen LogP contribution >= 0.6 is 0 Å². The summed E-state index contributed by atoms with van der Waals surface area (Å²) >= 11 is 0. The molecule has 0 atom stereocenters. The Morgan fingerprint density at radius 3 is 2.47 bits per heavy atom. The first-order chi connectivity index (χ1) is 9.15. The van der Waals surface area contributed by atoms with Crippen LogP contribution in [-0.2, 0) is 6.42 Å². The van der Waals surface area contributed by atoms with Crippen molar-refractivity contribution < 1.29 is 9.47 Å². The van der Waals surface area contributed by atoms with Crippen molar-refractivity contribution in [3.63, 3.8) is 0 Å². The SMILES string of the molecule is COc1ccc(OC)c(CCNc2cc(=O)c2=O)c1. The fourth-order valence-electron chi connectivity index (χ4n) is 1.86. The molecule has 0 aliphatic heterocycles. The number of methoxy groups -OCH3 is 2. The Kier molecular flexibility index (Phi) is 3.85. The van der Waals surface area contributed by atoms with Gasteiger partial charge in [0.25, 0.3) is 0 Å². The molecule has 5 heteroatoms. The van der Waals surface area contributed by atoms with E-state index in [0.717, 1.165) is 17.1 Å². The van der Waals surface area contributed by atoms with Crippen molar-refractivity contribution in [3.05, 3.63) is 50.3 Å². The highest BCUT2D eigenvalue weighted by Crippen LogP contribution is 2.24. The molecule has 0 unspecified atom stereocenters. The lowest BCUT2D eigenvalue weighted by Gasteiger charge is -2.11. The molecule has 19 heavy (non-hydrogen) atoms. The summed E-state index contributed by atoms with van der Waals surface area (Å²) in [6.45, 7) is 0.550. The molecule has 0 fully saturated rings. The first kappa shape index (κ1) is 13.1. The lowest BCUT2D eigenvalue weighted by Crippen LogP contribution is -2.32. The van der Waals surface area contributed by atoms with Gasteiger partial charge in [0.15, 0.2) is 0 Å². The highest BCUT2D eigenvalue weighted by atomic mass is 16.5. The number of hydrogen-bond donors (Lipinski definition) is 1. The molecule has 100 valence electrons. The van der Waals surface area contributed by atoms with Gasteiger partial charge in [-0.3, -0.25) is 9.59 Å². The lowest BCUT2D eigenvalue weighted by molar-refractivity contribution is 0.399. The Bertz CT molecular complexity index is 641. The first-order valence-corrected chi connectivity index (χ1v) is 5.91. The largest absolute Gasteiger partial charge is 0.497 e. The number of anilines is 1. The van der Waals surface area contributed by atoms with Gasteiger partial charge in [-0.15, -0.1) is 0 Å². The van der Waals surface area contributed by atoms with E-state index < -0.39 is 10.9 Å². The fourth-order valence-corrected chi connectivity index (χ4v) is 1.86. The maximum Gasteiger partial charge on any atom is 0.248 e. The van der Waals surface area contributed by atoms with Gasteiger partial charge in [0.1, 0.15) is 11.5 Å². The van der Waals surface area contributed by atoms with Gasteiger partial charge in [-0.1, -0.05) is 0 Å². The van der Waals surface area contributed by atoms with Gasteiger partial charge in [-0.2, -0.15) is 0 Å². The van der Waals surface area contributed by atoms with Crippen LogP contribution in [0.25, 0.3) is 0 Å². The molecule has 0 heterocycles. The van der Waals surface area contributed by atoms with Crippen LogP contribution in [0.5, 0.6) is 11.5 Å². The third-order valence-electron chi connectivity index (χ3n) is 2.94. The Morgan fingerprint density at radius 1 is 1.11 bits per heavy atom. The standard InChI is InChI=1S/C14H15NO4/c1-18-10-3-4-13(19-2)9(7-10)5-6-15-11-8-12(16)14(11)17/h3-4,7-8,15H,5-6H2,1-2H3. The van der Waals surface area contributed by atoms with Gasteiger partial charge in [0, 0.05) is 12.6 Å². The molecule has 1 N–H and O–H groups in total. The fraction of sp³-hybridized carbons (Fsp3) is 0.286. The normalized spacial score (nSPS) is 10.4. The summed E-state index contributed by atoms with van der Waals surface area (Å²) in [6, 6.07) is 6.87. The smallest absolute Gasteiger partial charge is 0.248 e. The van der Waals surface area contributed by atoms with Crippen LogP contribution in [0.15, 0.2) is 33.9 Å². The second-order valence-corrected chi connectivity index (χ2v) is 4.11. The van der Waals surface area contributed by atoms with Crippen LogP contribution in [0.3, 0.4) is 0 Å². The highest BCUT2D eigenvalue weighted by Gasteiger charge is 2.09. The second kappa shape index (κ2) is 5.56. The zero-order chi connectivity index (χ0) is 13.8. The summed E-state index contributed by atoms with van der Waals surface area (Å²) in [5, 5.41) is 2.93. The molecule has 5 nitrogen and oxygen atoms in total. The topological polar surface area (TPSA) is 64.6 Å². The lowest BCUT2D eigenvalue weighted by atomic mass is 10.1. The zero-order valence-electron chi connectivity index (χ0n) is 10.9. The monoisotopic (exact) mass is 261 g/mol. The Hall–Kier alpha value is -2.30. The molecule has 0 saturated carbocycles. The van der Waals surface area contributed by atoms with Gasteiger partial charge >= 0.3 is 0 Å². The molecule has 0 amide bonds. The predicted octanol–water partition coefficient (Wildman–Crippen LogP) is 0.954. The summed E-state index contributed by atoms with van der Waals surface area (Å²) in [4.78, 5) is 21.9. The quantitative estimate of drug-likeness (QED) is 0.784. The molecule has 0 radical (unpaired) electrons. The van der Waals surface area contributed by atoms with Crippen LogP contribution in [0.4, 0.5) is 5.69 Å². The van der Waals surface area contributed by atoms with Crippen molar-refractivity contribution in [2.24, 2.45) is 0 Å². The Labute approximate surface area is 110 Å². The summed E-state index contributed by atoms with van der Waals surface area (Å²) < 4.78 is 10.4. The van der Waals surface area contributed by atoms with Gasteiger partial charge in [0.2, 0.25) is 10.9 Å². The number of rotatable bonds is 6. The van der Waals surface area contributed by atoms with Gasteiger partial charge in [-0.25, -0.2) is 0 Å². The minimum atomic E-state index is -0.447. The van der Waals surface area contributed by atoms with Crippen LogP contribution in [0.2, 0.25) is 0 Å². The van der Waals surface area contributed by atoms with Gasteiger partial charge in [0.05, 0.1) is 19.9 Å². The predicted molar refractivity (Wildman–Crippen MR) is 73.1 cm³/mol. The second-order valence-electron chi connectivity index (χ2n) is 4.11. The number of ether oxygens (including phenoxy) is 2. The molecule has 2 aromatic carbocycles. The molecule has 2 rings (SSSR count). The van der Waals surface area contributed by atoms with E-state index in [-0.39, 0.29) is 0 Å². The van der Waals surface area contributed by atoms with E-state index in [1.54, 1.807) is 14.2 Å². The van der Waals surface area contributed by atoms with Crippen molar-refractivity contribution in [3.8, 4) is 11.5 Å². The van der Waals surface area contributed by atoms with Gasteiger partial charge < -0.3 is 14.8 Å². The van der Waals surface area contributed by atoms with Crippen molar-refractivity contribution in [1.29, 1.82) is 0 Å². The Balaban J connectivity index is 2.00. The van der Waals surface area contributed by atoms with E-state index >= 15 is 0 Å². The molecule has 0 saturated heterocycles. The summed E-state index contributed by atoms with van der Waals surface area (Å²) in [5.74, 6) is 1.53. The average molecular weight is 261 g/mol. The minimum absolute atomic E-state index is 0.381. The molecule has 0 aliphatic rings. The molecule has 0 spiro atoms. The first-order valence-electron chi connectivity index (χ1n) is 5.91. The molecule has 0 aromatic heterocycles. The van der Waals surface area contributed by atoms with E-state index in [1.807, 2.05) is 18.2 Å². The minimum Gasteiger partial charge on any atom is -0.497 e. The molecule has 0 aliphatic carbocycles. The molecular weight excluding hydrogens is 246 g/mol. The van der Waals surface area contributed by atoms with Crippen LogP contribution in [0, 0.1) is 0 Å². The highest BCUT2D eigenvalue weighted by molar-refractivity contribution is 5.47. The van der Waals surface area contributed by atoms with Gasteiger partial charge in [-0.05, 0) is 30.2 Å². The number of benzene rings is 1. The molecule has 2 aromatic rings. The Morgan fingerprint density at radius 2 is 1.89 bits per heavy atom. The van der Waals surface area contributed by atoms with E-state index in [2.05, 4.69) is 5.32 Å². The molecule has 0 bridgehead atoms. The summed E-state index contributed by atoms with van der Waals surface area (Å²) in [6.07, 6.45) is 0.666. The van der Waals surface area contributed by atoms with Crippen LogP contribution in [0.1, 0.15) is 5.56 Å². The van der Waals surface area contributed by atoms with Crippen LogP contribution in [-0.4, -0.2) is 20.8 Å². The number of nitrogens with one attached hydrogen (secondary N) is 1. The number of hydrogen-bond acceptors (Lipinski definition) is 5. The van der Waals surface area contributed by atoms with Crippen molar-refractivity contribution >= 4 is 5.69 Å². The summed E-state index contributed by atoms with van der Waals surface area (Å²) in [5.41, 5.74) is 0.471. The van der Waals surface area contributed by atoms with Crippen LogP contribution < -0.4 is 25.6 Å². The average Bonchev–Trinajstić information content (AvgIpc) is 2.45. The third kappa shape index (κ3) is 2.76. The summed E-state index contributed by atoms with van der Waals surface area (Å²) in [7, 11) is 3.21. The van der Waals surface area contributed by atoms with E-state index in [4.69, 9.17) is 9.47 Å². The zero-order valence-corrected chi connectivity index (χ0v) is 10.9. The molecular formula is C14H15NO4. The maximum atomic E-state index is 11.1. The van der Waals surface area contributed by atoms with Crippen molar-refractivity contribution in [2.75, 3.05) is 26.1 Å². The third-order valence-corrected chi connectivity index (χ3v) is 2.94. The van der Waals surface area contributed by atoms with Crippen molar-refractivity contribution in [2.45, 2.75) is 6.42 Å². The van der Waals surface area contributed by atoms with E-state index in [0.29, 0.717) is 18.7 Å². The maximum absolute atomic E-state index is 11.1.